The Balaban J connectivity index is 2.13. The summed E-state index contributed by atoms with van der Waals surface area (Å²) >= 11 is 0. The van der Waals surface area contributed by atoms with Gasteiger partial charge in [0.2, 0.25) is 17.7 Å². The maximum Gasteiger partial charge on any atom is 0.243 e. The van der Waals surface area contributed by atoms with Gasteiger partial charge in [0.05, 0.1) is 0 Å². The van der Waals surface area contributed by atoms with Crippen molar-refractivity contribution < 1.29 is 18.8 Å². The number of carbonyl (C=O) groups is 3. The van der Waals surface area contributed by atoms with E-state index in [1.807, 2.05) is 30.3 Å². The van der Waals surface area contributed by atoms with Crippen molar-refractivity contribution >= 4 is 17.7 Å². The van der Waals surface area contributed by atoms with Gasteiger partial charge in [-0.3, -0.25) is 14.4 Å². The van der Waals surface area contributed by atoms with Crippen LogP contribution in [0.3, 0.4) is 0 Å². The van der Waals surface area contributed by atoms with Gasteiger partial charge in [0.25, 0.3) is 0 Å². The molecule has 0 aliphatic heterocycles. The second-order valence-corrected chi connectivity index (χ2v) is 6.20. The monoisotopic (exact) mass is 371 g/mol. The molecule has 0 saturated carbocycles. The highest BCUT2D eigenvalue weighted by Gasteiger charge is 2.26. The standard InChI is InChI=1S/C20H22FN3O3/c1-13(25)23-18(12-15-9-5-6-10-16(15)21)20(27)24-17(19(22)26)11-14-7-3-2-4-8-14/h2-10,17-18H,11-12H2,1H3,(H2,22,26)(H,23,25)(H,24,27)/t17-,18+/m1/s1. The fourth-order valence-electron chi connectivity index (χ4n) is 2.68. The topological polar surface area (TPSA) is 101 Å². The Hall–Kier alpha value is -3.22. The largest absolute Gasteiger partial charge is 0.368 e. The normalized spacial score (nSPS) is 12.7. The Bertz CT molecular complexity index is 811. The molecule has 142 valence electrons. The predicted molar refractivity (Wildman–Crippen MR) is 99.0 cm³/mol. The van der Waals surface area contributed by atoms with Crippen LogP contribution in [0.1, 0.15) is 18.1 Å². The van der Waals surface area contributed by atoms with E-state index >= 15 is 0 Å². The van der Waals surface area contributed by atoms with E-state index in [9.17, 15) is 18.8 Å². The van der Waals surface area contributed by atoms with Crippen molar-refractivity contribution in [3.8, 4) is 0 Å². The van der Waals surface area contributed by atoms with Crippen LogP contribution in [0.5, 0.6) is 0 Å². The van der Waals surface area contributed by atoms with E-state index in [4.69, 9.17) is 5.73 Å². The number of benzene rings is 2. The van der Waals surface area contributed by atoms with Gasteiger partial charge in [0.15, 0.2) is 0 Å². The summed E-state index contributed by atoms with van der Waals surface area (Å²) < 4.78 is 13.9. The highest BCUT2D eigenvalue weighted by atomic mass is 19.1. The van der Waals surface area contributed by atoms with Crippen LogP contribution in [0.2, 0.25) is 0 Å². The van der Waals surface area contributed by atoms with Crippen molar-refractivity contribution in [2.75, 3.05) is 0 Å². The molecule has 0 bridgehead atoms. The molecule has 2 atom stereocenters. The lowest BCUT2D eigenvalue weighted by molar-refractivity contribution is -0.130. The summed E-state index contributed by atoms with van der Waals surface area (Å²) in [6.45, 7) is 1.26. The van der Waals surface area contributed by atoms with Crippen LogP contribution in [-0.4, -0.2) is 29.8 Å². The Morgan fingerprint density at radius 2 is 1.56 bits per heavy atom. The highest BCUT2D eigenvalue weighted by Crippen LogP contribution is 2.10. The van der Waals surface area contributed by atoms with Crippen LogP contribution in [0, 0.1) is 5.82 Å². The predicted octanol–water partition coefficient (Wildman–Crippen LogP) is 1.09. The van der Waals surface area contributed by atoms with E-state index in [0.29, 0.717) is 0 Å². The summed E-state index contributed by atoms with van der Waals surface area (Å²) in [6.07, 6.45) is 0.170. The average Bonchev–Trinajstić information content (AvgIpc) is 2.62. The lowest BCUT2D eigenvalue weighted by atomic mass is 10.0. The quantitative estimate of drug-likeness (QED) is 0.647. The molecule has 27 heavy (non-hydrogen) atoms. The van der Waals surface area contributed by atoms with Crippen molar-refractivity contribution in [3.05, 3.63) is 71.5 Å². The molecule has 2 aromatic rings. The lowest BCUT2D eigenvalue weighted by Gasteiger charge is -2.22. The van der Waals surface area contributed by atoms with Gasteiger partial charge in [-0.1, -0.05) is 48.5 Å². The number of halogens is 1. The summed E-state index contributed by atoms with van der Waals surface area (Å²) in [5, 5.41) is 5.05. The van der Waals surface area contributed by atoms with Gasteiger partial charge in [-0.25, -0.2) is 4.39 Å². The SMILES string of the molecule is CC(=O)N[C@@H](Cc1ccccc1F)C(=O)N[C@H](Cc1ccccc1)C(N)=O. The number of hydrogen-bond donors (Lipinski definition) is 3. The Kier molecular flexibility index (Phi) is 7.05. The minimum atomic E-state index is -1.03. The number of nitrogens with one attached hydrogen (secondary N) is 2. The van der Waals surface area contributed by atoms with Crippen molar-refractivity contribution in [2.45, 2.75) is 31.8 Å². The molecule has 0 aliphatic rings. The van der Waals surface area contributed by atoms with E-state index < -0.39 is 35.6 Å². The first-order chi connectivity index (χ1) is 12.9. The fourth-order valence-corrected chi connectivity index (χ4v) is 2.68. The second-order valence-electron chi connectivity index (χ2n) is 6.20. The Morgan fingerprint density at radius 3 is 2.15 bits per heavy atom. The number of carbonyl (C=O) groups excluding carboxylic acids is 3. The number of hydrogen-bond acceptors (Lipinski definition) is 3. The van der Waals surface area contributed by atoms with Gasteiger partial charge < -0.3 is 16.4 Å². The van der Waals surface area contributed by atoms with Crippen LogP contribution in [0.15, 0.2) is 54.6 Å². The van der Waals surface area contributed by atoms with E-state index in [-0.39, 0.29) is 18.4 Å². The number of rotatable bonds is 8. The Labute approximate surface area is 156 Å². The molecule has 0 radical (unpaired) electrons. The van der Waals surface area contributed by atoms with Crippen molar-refractivity contribution in [3.63, 3.8) is 0 Å². The average molecular weight is 371 g/mol. The molecule has 2 rings (SSSR count). The molecule has 0 fully saturated rings. The van der Waals surface area contributed by atoms with Gasteiger partial charge in [-0.2, -0.15) is 0 Å². The van der Waals surface area contributed by atoms with Crippen LogP contribution in [0.4, 0.5) is 4.39 Å². The zero-order chi connectivity index (χ0) is 19.8. The number of amides is 3. The molecule has 0 unspecified atom stereocenters. The lowest BCUT2D eigenvalue weighted by Crippen LogP contribution is -2.54. The van der Waals surface area contributed by atoms with Crippen molar-refractivity contribution in [1.29, 1.82) is 0 Å². The fraction of sp³-hybridized carbons (Fsp3) is 0.250. The number of nitrogens with two attached hydrogens (primary N) is 1. The minimum absolute atomic E-state index is 0.0467. The van der Waals surface area contributed by atoms with E-state index in [1.165, 1.54) is 25.1 Å². The number of primary amides is 1. The van der Waals surface area contributed by atoms with Gasteiger partial charge in [0, 0.05) is 19.8 Å². The third-order valence-corrected chi connectivity index (χ3v) is 4.02. The molecule has 7 heteroatoms. The maximum atomic E-state index is 13.9. The van der Waals surface area contributed by atoms with E-state index in [1.54, 1.807) is 6.07 Å². The summed E-state index contributed by atoms with van der Waals surface area (Å²) in [5.41, 5.74) is 6.52. The third-order valence-electron chi connectivity index (χ3n) is 4.02. The molecular formula is C20H22FN3O3. The molecule has 6 nitrogen and oxygen atoms in total. The van der Waals surface area contributed by atoms with Crippen molar-refractivity contribution in [2.24, 2.45) is 5.73 Å². The molecule has 2 aromatic carbocycles. The first-order valence-electron chi connectivity index (χ1n) is 8.51. The van der Waals surface area contributed by atoms with E-state index in [2.05, 4.69) is 10.6 Å². The molecule has 0 saturated heterocycles. The summed E-state index contributed by atoms with van der Waals surface area (Å²) in [4.78, 5) is 35.9. The van der Waals surface area contributed by atoms with Gasteiger partial charge in [-0.05, 0) is 17.2 Å². The summed E-state index contributed by atoms with van der Waals surface area (Å²) in [5.74, 6) is -2.21. The molecule has 4 N–H and O–H groups in total. The molecule has 0 aliphatic carbocycles. The third kappa shape index (κ3) is 6.22. The van der Waals surface area contributed by atoms with Crippen LogP contribution < -0.4 is 16.4 Å². The zero-order valence-corrected chi connectivity index (χ0v) is 14.9. The summed E-state index contributed by atoms with van der Waals surface area (Å²) in [6, 6.07) is 13.1. The van der Waals surface area contributed by atoms with Crippen LogP contribution in [0.25, 0.3) is 0 Å². The Morgan fingerprint density at radius 1 is 0.926 bits per heavy atom. The minimum Gasteiger partial charge on any atom is -0.368 e. The second kappa shape index (κ2) is 9.47. The van der Waals surface area contributed by atoms with E-state index in [0.717, 1.165) is 5.56 Å². The summed E-state index contributed by atoms with van der Waals surface area (Å²) in [7, 11) is 0. The molecule has 0 spiro atoms. The zero-order valence-electron chi connectivity index (χ0n) is 14.9. The van der Waals surface area contributed by atoms with Gasteiger partial charge in [0.1, 0.15) is 17.9 Å². The molecular weight excluding hydrogens is 349 g/mol. The molecule has 0 heterocycles. The van der Waals surface area contributed by atoms with Crippen molar-refractivity contribution in [1.82, 2.24) is 10.6 Å². The van der Waals surface area contributed by atoms with Crippen LogP contribution in [-0.2, 0) is 27.2 Å². The van der Waals surface area contributed by atoms with Gasteiger partial charge >= 0.3 is 0 Å². The van der Waals surface area contributed by atoms with Gasteiger partial charge in [-0.15, -0.1) is 0 Å². The molecule has 0 aromatic heterocycles. The maximum absolute atomic E-state index is 13.9. The van der Waals surface area contributed by atoms with Crippen LogP contribution >= 0.6 is 0 Å². The first-order valence-corrected chi connectivity index (χ1v) is 8.51. The first kappa shape index (κ1) is 20.1. The molecule has 3 amide bonds. The smallest absolute Gasteiger partial charge is 0.243 e. The highest BCUT2D eigenvalue weighted by molar-refractivity contribution is 5.91.